The molecule has 0 saturated heterocycles. The molecule has 5 nitrogen and oxygen atoms in total. The summed E-state index contributed by atoms with van der Waals surface area (Å²) in [7, 11) is -3.59. The lowest BCUT2D eigenvalue weighted by atomic mass is 10.2. The summed E-state index contributed by atoms with van der Waals surface area (Å²) in [5, 5.41) is 2.60. The van der Waals surface area contributed by atoms with Gasteiger partial charge >= 0.3 is 0 Å². The van der Waals surface area contributed by atoms with Gasteiger partial charge in [-0.2, -0.15) is 0 Å². The number of rotatable bonds is 6. The Morgan fingerprint density at radius 2 is 1.83 bits per heavy atom. The van der Waals surface area contributed by atoms with E-state index in [2.05, 4.69) is 10.0 Å². The first-order chi connectivity index (χ1) is 11.3. The molecule has 128 valence electrons. The Morgan fingerprint density at radius 3 is 2.42 bits per heavy atom. The fourth-order valence-corrected chi connectivity index (χ4v) is 3.29. The quantitative estimate of drug-likeness (QED) is 0.840. The summed E-state index contributed by atoms with van der Waals surface area (Å²) in [5.74, 6) is -0.969. The molecule has 2 aromatic carbocycles. The van der Waals surface area contributed by atoms with E-state index in [9.17, 15) is 17.6 Å². The molecule has 0 heterocycles. The van der Waals surface area contributed by atoms with E-state index in [4.69, 9.17) is 0 Å². The van der Waals surface area contributed by atoms with E-state index in [1.165, 1.54) is 42.5 Å². The molecule has 0 aliphatic rings. The Morgan fingerprint density at radius 1 is 1.17 bits per heavy atom. The van der Waals surface area contributed by atoms with Crippen molar-refractivity contribution in [1.29, 1.82) is 0 Å². The number of sulfonamides is 1. The van der Waals surface area contributed by atoms with Crippen molar-refractivity contribution in [2.24, 2.45) is 0 Å². The van der Waals surface area contributed by atoms with Crippen LogP contribution < -0.4 is 10.0 Å². The van der Waals surface area contributed by atoms with Crippen LogP contribution in [0.25, 0.3) is 0 Å². The third kappa shape index (κ3) is 4.62. The minimum atomic E-state index is -3.59. The number of benzene rings is 2. The van der Waals surface area contributed by atoms with Crippen molar-refractivity contribution in [3.63, 3.8) is 0 Å². The van der Waals surface area contributed by atoms with E-state index in [0.29, 0.717) is 12.1 Å². The zero-order valence-corrected chi connectivity index (χ0v) is 14.2. The summed E-state index contributed by atoms with van der Waals surface area (Å²) >= 11 is 0. The van der Waals surface area contributed by atoms with Crippen molar-refractivity contribution in [2.75, 3.05) is 5.32 Å². The van der Waals surface area contributed by atoms with Gasteiger partial charge < -0.3 is 5.32 Å². The number of nitrogens with one attached hydrogen (secondary N) is 2. The van der Waals surface area contributed by atoms with E-state index in [-0.39, 0.29) is 16.5 Å². The molecule has 0 radical (unpaired) electrons. The van der Waals surface area contributed by atoms with Crippen LogP contribution in [0, 0.1) is 5.82 Å². The number of carbonyl (C=O) groups is 1. The number of amides is 1. The Hall–Kier alpha value is -2.25. The van der Waals surface area contributed by atoms with Gasteiger partial charge in [0.2, 0.25) is 10.0 Å². The molecule has 0 saturated carbocycles. The summed E-state index contributed by atoms with van der Waals surface area (Å²) in [5.41, 5.74) is 0.608. The van der Waals surface area contributed by atoms with E-state index in [1.54, 1.807) is 6.92 Å². The summed E-state index contributed by atoms with van der Waals surface area (Å²) in [6.45, 7) is 3.67. The highest BCUT2D eigenvalue weighted by molar-refractivity contribution is 7.89. The van der Waals surface area contributed by atoms with Gasteiger partial charge in [-0.25, -0.2) is 17.5 Å². The molecule has 1 amide bonds. The summed E-state index contributed by atoms with van der Waals surface area (Å²) in [4.78, 5) is 12.1. The van der Waals surface area contributed by atoms with Crippen molar-refractivity contribution < 1.29 is 17.6 Å². The maximum Gasteiger partial charge on any atom is 0.255 e. The fourth-order valence-electron chi connectivity index (χ4n) is 1.97. The lowest BCUT2D eigenvalue weighted by Gasteiger charge is -2.12. The normalized spacial score (nSPS) is 12.6. The minimum Gasteiger partial charge on any atom is -0.322 e. The molecule has 2 N–H and O–H groups in total. The average molecular weight is 350 g/mol. The maximum absolute atomic E-state index is 13.1. The van der Waals surface area contributed by atoms with E-state index in [0.717, 1.165) is 6.07 Å². The van der Waals surface area contributed by atoms with Crippen LogP contribution in [0.1, 0.15) is 30.6 Å². The first-order valence-electron chi connectivity index (χ1n) is 7.51. The summed E-state index contributed by atoms with van der Waals surface area (Å²) in [6.07, 6.45) is 0.682. The molecule has 0 bridgehead atoms. The lowest BCUT2D eigenvalue weighted by Crippen LogP contribution is -2.31. The van der Waals surface area contributed by atoms with Crippen molar-refractivity contribution >= 4 is 21.6 Å². The van der Waals surface area contributed by atoms with E-state index >= 15 is 0 Å². The Bertz CT molecular complexity index is 820. The molecule has 0 aliphatic heterocycles. The predicted molar refractivity (Wildman–Crippen MR) is 90.9 cm³/mol. The molecule has 1 unspecified atom stereocenters. The Kier molecular flexibility index (Phi) is 5.69. The van der Waals surface area contributed by atoms with Crippen molar-refractivity contribution in [3.05, 3.63) is 59.9 Å². The molecule has 1 atom stereocenters. The standard InChI is InChI=1S/C17H19FN2O3S/c1-3-12(2)20-24(22,23)16-9-7-15(8-10-16)19-17(21)13-5-4-6-14(18)11-13/h4-12,20H,3H2,1-2H3,(H,19,21). The monoisotopic (exact) mass is 350 g/mol. The van der Waals surface area contributed by atoms with Crippen molar-refractivity contribution in [1.82, 2.24) is 4.72 Å². The van der Waals surface area contributed by atoms with Crippen molar-refractivity contribution in [3.8, 4) is 0 Å². The SMILES string of the molecule is CCC(C)NS(=O)(=O)c1ccc(NC(=O)c2cccc(F)c2)cc1. The topological polar surface area (TPSA) is 75.3 Å². The highest BCUT2D eigenvalue weighted by atomic mass is 32.2. The summed E-state index contributed by atoms with van der Waals surface area (Å²) < 4.78 is 40.0. The first kappa shape index (κ1) is 18.1. The number of hydrogen-bond acceptors (Lipinski definition) is 3. The molecular formula is C17H19FN2O3S. The van der Waals surface area contributed by atoms with Gasteiger partial charge in [-0.3, -0.25) is 4.79 Å². The first-order valence-corrected chi connectivity index (χ1v) is 8.99. The van der Waals surface area contributed by atoms with Crippen LogP contribution in [-0.4, -0.2) is 20.4 Å². The van der Waals surface area contributed by atoms with Gasteiger partial charge in [0.15, 0.2) is 0 Å². The lowest BCUT2D eigenvalue weighted by molar-refractivity contribution is 0.102. The van der Waals surface area contributed by atoms with Gasteiger partial charge in [-0.15, -0.1) is 0 Å². The molecule has 7 heteroatoms. The number of anilines is 1. The molecule has 2 rings (SSSR count). The summed E-state index contributed by atoms with van der Waals surface area (Å²) in [6, 6.07) is 10.9. The number of carbonyl (C=O) groups excluding carboxylic acids is 1. The van der Waals surface area contributed by atoms with E-state index < -0.39 is 21.7 Å². The molecule has 0 spiro atoms. The second kappa shape index (κ2) is 7.55. The van der Waals surface area contributed by atoms with Gasteiger partial charge in [0.1, 0.15) is 5.82 Å². The van der Waals surface area contributed by atoms with Crippen LogP contribution >= 0.6 is 0 Å². The molecule has 24 heavy (non-hydrogen) atoms. The van der Waals surface area contributed by atoms with Crippen LogP contribution in [0.3, 0.4) is 0 Å². The third-order valence-electron chi connectivity index (χ3n) is 3.48. The predicted octanol–water partition coefficient (Wildman–Crippen LogP) is 3.15. The zero-order chi connectivity index (χ0) is 17.7. The van der Waals surface area contributed by atoms with Crippen LogP contribution in [0.2, 0.25) is 0 Å². The van der Waals surface area contributed by atoms with Crippen LogP contribution in [0.4, 0.5) is 10.1 Å². The average Bonchev–Trinajstić information content (AvgIpc) is 2.54. The van der Waals surface area contributed by atoms with Crippen LogP contribution in [0.5, 0.6) is 0 Å². The van der Waals surface area contributed by atoms with Gasteiger partial charge in [-0.05, 0) is 55.8 Å². The van der Waals surface area contributed by atoms with Gasteiger partial charge in [0.05, 0.1) is 4.90 Å². The van der Waals surface area contributed by atoms with E-state index in [1.807, 2.05) is 6.92 Å². The smallest absolute Gasteiger partial charge is 0.255 e. The highest BCUT2D eigenvalue weighted by Crippen LogP contribution is 2.16. The number of halogens is 1. The van der Waals surface area contributed by atoms with Gasteiger partial charge in [-0.1, -0.05) is 13.0 Å². The van der Waals surface area contributed by atoms with Crippen LogP contribution in [-0.2, 0) is 10.0 Å². The molecular weight excluding hydrogens is 331 g/mol. The second-order valence-electron chi connectivity index (χ2n) is 5.42. The third-order valence-corrected chi connectivity index (χ3v) is 5.08. The largest absolute Gasteiger partial charge is 0.322 e. The fraction of sp³-hybridized carbons (Fsp3) is 0.235. The van der Waals surface area contributed by atoms with Gasteiger partial charge in [0, 0.05) is 17.3 Å². The number of hydrogen-bond donors (Lipinski definition) is 2. The van der Waals surface area contributed by atoms with Crippen molar-refractivity contribution in [2.45, 2.75) is 31.2 Å². The minimum absolute atomic E-state index is 0.117. The molecule has 0 aromatic heterocycles. The maximum atomic E-state index is 13.1. The molecule has 2 aromatic rings. The second-order valence-corrected chi connectivity index (χ2v) is 7.13. The molecule has 0 aliphatic carbocycles. The Labute approximate surface area is 141 Å². The highest BCUT2D eigenvalue weighted by Gasteiger charge is 2.16. The zero-order valence-electron chi connectivity index (χ0n) is 13.4. The van der Waals surface area contributed by atoms with Crippen LogP contribution in [0.15, 0.2) is 53.4 Å². The Balaban J connectivity index is 2.11. The molecule has 0 fully saturated rings. The van der Waals surface area contributed by atoms with Gasteiger partial charge in [0.25, 0.3) is 5.91 Å².